The van der Waals surface area contributed by atoms with Gasteiger partial charge in [-0.25, -0.2) is 0 Å². The minimum absolute atomic E-state index is 0.0322. The molecule has 3 heterocycles. The number of fused-ring (bicyclic) bond motifs is 1. The summed E-state index contributed by atoms with van der Waals surface area (Å²) in [5, 5.41) is 3.81. The van der Waals surface area contributed by atoms with Crippen molar-refractivity contribution >= 4 is 34.6 Å². The van der Waals surface area contributed by atoms with Gasteiger partial charge >= 0.3 is 0 Å². The molecule has 0 aliphatic carbocycles. The van der Waals surface area contributed by atoms with Gasteiger partial charge in [0.1, 0.15) is 5.52 Å². The first-order chi connectivity index (χ1) is 12.2. The highest BCUT2D eigenvalue weighted by atomic mass is 35.5. The van der Waals surface area contributed by atoms with Crippen LogP contribution < -0.4 is 10.2 Å². The second-order valence-corrected chi connectivity index (χ2v) is 7.23. The van der Waals surface area contributed by atoms with Crippen molar-refractivity contribution in [1.29, 1.82) is 0 Å². The van der Waals surface area contributed by atoms with Gasteiger partial charge in [-0.3, -0.25) is 4.79 Å². The smallest absolute Gasteiger partial charge is 0.298 e. The van der Waals surface area contributed by atoms with E-state index in [9.17, 15) is 4.79 Å². The third-order valence-corrected chi connectivity index (χ3v) is 5.20. The fourth-order valence-corrected chi connectivity index (χ4v) is 3.71. The summed E-state index contributed by atoms with van der Waals surface area (Å²) in [6, 6.07) is 6.23. The molecule has 0 saturated carbocycles. The van der Waals surface area contributed by atoms with Crippen LogP contribution in [-0.2, 0) is 9.53 Å². The first kappa shape index (κ1) is 16.7. The van der Waals surface area contributed by atoms with Crippen molar-refractivity contribution in [2.75, 3.05) is 31.2 Å². The molecule has 4 rings (SSSR count). The van der Waals surface area contributed by atoms with Crippen LogP contribution in [0.15, 0.2) is 22.6 Å². The normalized spacial score (nSPS) is 22.3. The highest BCUT2D eigenvalue weighted by molar-refractivity contribution is 6.31. The van der Waals surface area contributed by atoms with Crippen LogP contribution in [0.5, 0.6) is 0 Å². The second kappa shape index (κ2) is 7.22. The van der Waals surface area contributed by atoms with Gasteiger partial charge in [-0.15, -0.1) is 0 Å². The third-order valence-electron chi connectivity index (χ3n) is 4.97. The number of carbonyl (C=O) groups is 1. The van der Waals surface area contributed by atoms with Crippen LogP contribution in [0.25, 0.3) is 11.1 Å². The molecule has 0 spiro atoms. The van der Waals surface area contributed by atoms with E-state index in [-0.39, 0.29) is 17.9 Å². The molecule has 134 valence electrons. The third kappa shape index (κ3) is 3.75. The summed E-state index contributed by atoms with van der Waals surface area (Å²) in [5.41, 5.74) is 1.46. The molecule has 1 atom stereocenters. The van der Waals surface area contributed by atoms with E-state index in [0.29, 0.717) is 23.2 Å². The summed E-state index contributed by atoms with van der Waals surface area (Å²) in [6.45, 7) is 2.94. The molecule has 1 aromatic heterocycles. The molecule has 2 saturated heterocycles. The number of anilines is 1. The van der Waals surface area contributed by atoms with E-state index in [2.05, 4.69) is 15.2 Å². The Balaban J connectivity index is 1.43. The molecule has 0 radical (unpaired) electrons. The molecule has 2 fully saturated rings. The second-order valence-electron chi connectivity index (χ2n) is 6.79. The lowest BCUT2D eigenvalue weighted by atomic mass is 9.96. The van der Waals surface area contributed by atoms with Gasteiger partial charge in [0.25, 0.3) is 6.01 Å². The topological polar surface area (TPSA) is 67.6 Å². The van der Waals surface area contributed by atoms with Crippen molar-refractivity contribution in [3.05, 3.63) is 23.2 Å². The molecule has 1 amide bonds. The highest BCUT2D eigenvalue weighted by Crippen LogP contribution is 2.28. The Morgan fingerprint density at radius 1 is 1.28 bits per heavy atom. The summed E-state index contributed by atoms with van der Waals surface area (Å²) in [4.78, 5) is 19.2. The zero-order valence-electron chi connectivity index (χ0n) is 14.0. The van der Waals surface area contributed by atoms with Crippen LogP contribution in [0.1, 0.15) is 25.7 Å². The largest absolute Gasteiger partial charge is 0.423 e. The van der Waals surface area contributed by atoms with Gasteiger partial charge in [0, 0.05) is 43.4 Å². The Kier molecular flexibility index (Phi) is 4.81. The molecule has 25 heavy (non-hydrogen) atoms. The standard InChI is InChI=1S/C18H22ClN3O3/c19-13-3-4-15-16(10-13)25-18(21-15)22-7-1-2-12(11-22)17(23)20-14-5-8-24-9-6-14/h3-4,10,12,14H,1-2,5-9,11H2,(H,20,23). The molecule has 1 aromatic carbocycles. The number of nitrogens with zero attached hydrogens (tertiary/aromatic N) is 2. The number of halogens is 1. The average Bonchev–Trinajstić information content (AvgIpc) is 3.06. The average molecular weight is 364 g/mol. The molecule has 6 nitrogen and oxygen atoms in total. The van der Waals surface area contributed by atoms with E-state index in [4.69, 9.17) is 20.8 Å². The Bertz CT molecular complexity index is 757. The number of amides is 1. The summed E-state index contributed by atoms with van der Waals surface area (Å²) in [6.07, 6.45) is 3.64. The number of oxazole rings is 1. The van der Waals surface area contributed by atoms with Gasteiger partial charge in [0.05, 0.1) is 5.92 Å². The Hall–Kier alpha value is -1.79. The van der Waals surface area contributed by atoms with Gasteiger partial charge in [-0.05, 0) is 37.8 Å². The van der Waals surface area contributed by atoms with E-state index in [0.717, 1.165) is 51.0 Å². The van der Waals surface area contributed by atoms with Gasteiger partial charge in [-0.2, -0.15) is 4.98 Å². The SMILES string of the molecule is O=C(NC1CCOCC1)C1CCCN(c2nc3ccc(Cl)cc3o2)C1. The van der Waals surface area contributed by atoms with Crippen LogP contribution in [0.4, 0.5) is 6.01 Å². The summed E-state index contributed by atoms with van der Waals surface area (Å²) >= 11 is 6.01. The zero-order valence-corrected chi connectivity index (χ0v) is 14.8. The van der Waals surface area contributed by atoms with Gasteiger partial charge in [-0.1, -0.05) is 11.6 Å². The molecule has 2 aliphatic heterocycles. The number of piperidine rings is 1. The van der Waals surface area contributed by atoms with Crippen molar-refractivity contribution in [3.8, 4) is 0 Å². The number of benzene rings is 1. The fraction of sp³-hybridized carbons (Fsp3) is 0.556. The van der Waals surface area contributed by atoms with E-state index >= 15 is 0 Å². The molecule has 1 unspecified atom stereocenters. The predicted octanol–water partition coefficient (Wildman–Crippen LogP) is 2.99. The Morgan fingerprint density at radius 3 is 2.96 bits per heavy atom. The Labute approximate surface area is 151 Å². The molecule has 1 N–H and O–H groups in total. The number of hydrogen-bond acceptors (Lipinski definition) is 5. The first-order valence-electron chi connectivity index (χ1n) is 8.88. The van der Waals surface area contributed by atoms with Crippen LogP contribution in [0.2, 0.25) is 5.02 Å². The van der Waals surface area contributed by atoms with Crippen LogP contribution >= 0.6 is 11.6 Å². The van der Waals surface area contributed by atoms with Crippen molar-refractivity contribution < 1.29 is 13.9 Å². The van der Waals surface area contributed by atoms with Gasteiger partial charge in [0.15, 0.2) is 5.58 Å². The number of hydrogen-bond donors (Lipinski definition) is 1. The highest BCUT2D eigenvalue weighted by Gasteiger charge is 2.29. The van der Waals surface area contributed by atoms with E-state index in [1.165, 1.54) is 0 Å². The lowest BCUT2D eigenvalue weighted by Crippen LogP contribution is -2.47. The fourth-order valence-electron chi connectivity index (χ4n) is 3.55. The molecule has 2 aliphatic rings. The van der Waals surface area contributed by atoms with Gasteiger partial charge in [0.2, 0.25) is 5.91 Å². The molecule has 2 aromatic rings. The van der Waals surface area contributed by atoms with Gasteiger partial charge < -0.3 is 19.4 Å². The van der Waals surface area contributed by atoms with E-state index in [1.807, 2.05) is 6.07 Å². The summed E-state index contributed by atoms with van der Waals surface area (Å²) in [7, 11) is 0. The zero-order chi connectivity index (χ0) is 17.2. The predicted molar refractivity (Wildman–Crippen MR) is 95.9 cm³/mol. The molecular weight excluding hydrogens is 342 g/mol. The van der Waals surface area contributed by atoms with Crippen LogP contribution in [0.3, 0.4) is 0 Å². The minimum Gasteiger partial charge on any atom is -0.423 e. The Morgan fingerprint density at radius 2 is 2.12 bits per heavy atom. The number of ether oxygens (including phenoxy) is 1. The van der Waals surface area contributed by atoms with Crippen LogP contribution in [0, 0.1) is 5.92 Å². The van der Waals surface area contributed by atoms with Crippen molar-refractivity contribution in [2.45, 2.75) is 31.7 Å². The maximum Gasteiger partial charge on any atom is 0.298 e. The van der Waals surface area contributed by atoms with Crippen molar-refractivity contribution in [1.82, 2.24) is 10.3 Å². The molecule has 7 heteroatoms. The number of carbonyl (C=O) groups excluding carboxylic acids is 1. The molecular formula is C18H22ClN3O3. The lowest BCUT2D eigenvalue weighted by molar-refractivity contribution is -0.126. The minimum atomic E-state index is -0.0322. The van der Waals surface area contributed by atoms with Crippen molar-refractivity contribution in [3.63, 3.8) is 0 Å². The molecule has 0 bridgehead atoms. The first-order valence-corrected chi connectivity index (χ1v) is 9.26. The quantitative estimate of drug-likeness (QED) is 0.908. The number of rotatable bonds is 3. The van der Waals surface area contributed by atoms with Crippen molar-refractivity contribution in [2.24, 2.45) is 5.92 Å². The van der Waals surface area contributed by atoms with E-state index in [1.54, 1.807) is 12.1 Å². The number of aromatic nitrogens is 1. The summed E-state index contributed by atoms with van der Waals surface area (Å²) in [5.74, 6) is 0.103. The summed E-state index contributed by atoms with van der Waals surface area (Å²) < 4.78 is 11.2. The van der Waals surface area contributed by atoms with E-state index < -0.39 is 0 Å². The lowest BCUT2D eigenvalue weighted by Gasteiger charge is -2.32. The number of nitrogens with one attached hydrogen (secondary N) is 1. The maximum atomic E-state index is 12.6. The monoisotopic (exact) mass is 363 g/mol. The van der Waals surface area contributed by atoms with Crippen LogP contribution in [-0.4, -0.2) is 43.2 Å². The maximum absolute atomic E-state index is 12.6.